The molecule has 0 aliphatic heterocycles. The molecule has 2 heteroatoms. The van der Waals surface area contributed by atoms with Gasteiger partial charge >= 0.3 is 0 Å². The van der Waals surface area contributed by atoms with Gasteiger partial charge in [0.2, 0.25) is 0 Å². The largest absolute Gasteiger partial charge is 0.400 e. The first-order valence-electron chi connectivity index (χ1n) is 13.8. The second-order valence-electron chi connectivity index (χ2n) is 8.69. The molecule has 0 bridgehead atoms. The summed E-state index contributed by atoms with van der Waals surface area (Å²) in [6.07, 6.45) is 4.41. The normalized spacial score (nSPS) is 11.5. The molecule has 0 amide bonds. The molecule has 0 fully saturated rings. The highest BCUT2D eigenvalue weighted by Gasteiger charge is 2.14. The van der Waals surface area contributed by atoms with Crippen molar-refractivity contribution in [3.8, 4) is 0 Å². The average molecular weight is 485 g/mol. The highest BCUT2D eigenvalue weighted by atomic mass is 16.2. The number of hydrogen-bond donors (Lipinski definition) is 1. The Hall–Kier alpha value is -3.49. The average Bonchev–Trinajstić information content (AvgIpc) is 2.98. The standard InChI is InChI=1S/2C14H12.C3H6O.CH4O.2CH4/c2*1-2-6-12-10-14-8-4-3-7-13(14)9-11(12)5-1;1-3(2)4;1-2;;/h2*1-8H,9-10H2;1-2H3;2H,1H3;2*1H4/i;;;;2*1D. The summed E-state index contributed by atoms with van der Waals surface area (Å²) in [6, 6.07) is 35.0. The van der Waals surface area contributed by atoms with Crippen LogP contribution in [0.2, 0.25) is 0 Å². The van der Waals surface area contributed by atoms with Gasteiger partial charge in [0.1, 0.15) is 5.78 Å². The van der Waals surface area contributed by atoms with Crippen LogP contribution in [0.3, 0.4) is 0 Å². The van der Waals surface area contributed by atoms with Crippen molar-refractivity contribution in [1.82, 2.24) is 0 Å². The molecule has 190 valence electrons. The summed E-state index contributed by atoms with van der Waals surface area (Å²) >= 11 is 0. The lowest BCUT2D eigenvalue weighted by molar-refractivity contribution is -0.114. The van der Waals surface area contributed by atoms with E-state index >= 15 is 0 Å². The topological polar surface area (TPSA) is 37.3 Å². The van der Waals surface area contributed by atoms with E-state index in [2.05, 4.69) is 97.1 Å². The van der Waals surface area contributed by atoms with Crippen molar-refractivity contribution in [2.75, 3.05) is 7.11 Å². The Balaban J connectivity index is 0.000000286. The van der Waals surface area contributed by atoms with Gasteiger partial charge < -0.3 is 9.90 Å². The third-order valence-electron chi connectivity index (χ3n) is 6.00. The molecule has 0 unspecified atom stereocenters. The Morgan fingerprint density at radius 1 is 0.500 bits per heavy atom. The van der Waals surface area contributed by atoms with Crippen LogP contribution in [-0.2, 0) is 30.5 Å². The number of fused-ring (bicyclic) bond motifs is 4. The van der Waals surface area contributed by atoms with Gasteiger partial charge in [-0.2, -0.15) is 0 Å². The third-order valence-corrected chi connectivity index (χ3v) is 6.00. The first kappa shape index (κ1) is 27.1. The predicted molar refractivity (Wildman–Crippen MR) is 155 cm³/mol. The summed E-state index contributed by atoms with van der Waals surface area (Å²) in [5.74, 6) is 0.167. The van der Waals surface area contributed by atoms with Gasteiger partial charge in [0.25, 0.3) is 0 Å². The Bertz CT molecular complexity index is 964. The Morgan fingerprint density at radius 3 is 0.722 bits per heavy atom. The maximum atomic E-state index is 9.44. The Morgan fingerprint density at radius 2 is 0.611 bits per heavy atom. The van der Waals surface area contributed by atoms with E-state index in [0.29, 0.717) is 0 Å². The number of rotatable bonds is 0. The van der Waals surface area contributed by atoms with Gasteiger partial charge in [0.05, 0.1) is 0 Å². The molecule has 4 aromatic rings. The van der Waals surface area contributed by atoms with Crippen LogP contribution in [0.4, 0.5) is 0 Å². The smallest absolute Gasteiger partial charge is 0.126 e. The zero-order valence-corrected chi connectivity index (χ0v) is 22.4. The molecular formula is C34H42O2. The minimum atomic E-state index is 0.167. The van der Waals surface area contributed by atoms with Gasteiger partial charge in [-0.1, -0.05) is 112 Å². The van der Waals surface area contributed by atoms with Crippen LogP contribution in [0.25, 0.3) is 0 Å². The molecular weight excluding hydrogens is 440 g/mol. The summed E-state index contributed by atoms with van der Waals surface area (Å²) in [7, 11) is 3.50. The minimum Gasteiger partial charge on any atom is -0.400 e. The van der Waals surface area contributed by atoms with Crippen molar-refractivity contribution in [1.29, 1.82) is 0 Å². The highest BCUT2D eigenvalue weighted by Crippen LogP contribution is 2.27. The zero-order valence-electron chi connectivity index (χ0n) is 24.4. The second-order valence-corrected chi connectivity index (χ2v) is 8.69. The van der Waals surface area contributed by atoms with Crippen molar-refractivity contribution in [2.45, 2.75) is 54.3 Å². The molecule has 6 rings (SSSR count). The van der Waals surface area contributed by atoms with Gasteiger partial charge in [-0.25, -0.2) is 0 Å². The minimum absolute atomic E-state index is 0.167. The summed E-state index contributed by atoms with van der Waals surface area (Å²) in [5, 5.41) is 7.00. The number of aliphatic hydroxyl groups is 1. The van der Waals surface area contributed by atoms with Gasteiger partial charge in [-0.05, 0) is 84.0 Å². The van der Waals surface area contributed by atoms with Crippen LogP contribution in [-0.4, -0.2) is 18.0 Å². The van der Waals surface area contributed by atoms with Crippen LogP contribution in [0, 0.1) is 0 Å². The summed E-state index contributed by atoms with van der Waals surface area (Å²) in [6.45, 7) is 3.06. The number of aliphatic hydroxyl groups excluding tert-OH is 1. The fourth-order valence-electron chi connectivity index (χ4n) is 4.43. The van der Waals surface area contributed by atoms with Gasteiger partial charge in [-0.15, -0.1) is 0 Å². The number of benzene rings is 4. The maximum absolute atomic E-state index is 9.44. The fraction of sp³-hybridized carbons (Fsp3) is 0.265. The number of carbonyl (C=O) groups excluding carboxylic acids is 1. The molecule has 0 spiro atoms. The lowest BCUT2D eigenvalue weighted by Gasteiger charge is -2.18. The van der Waals surface area contributed by atoms with Crippen molar-refractivity contribution in [2.24, 2.45) is 0 Å². The number of hydrogen-bond acceptors (Lipinski definition) is 2. The van der Waals surface area contributed by atoms with Crippen LogP contribution in [0.1, 0.15) is 75.9 Å². The molecule has 36 heavy (non-hydrogen) atoms. The molecule has 2 aliphatic rings. The van der Waals surface area contributed by atoms with E-state index in [1.54, 1.807) is 0 Å². The molecule has 2 aliphatic carbocycles. The summed E-state index contributed by atoms with van der Waals surface area (Å²) in [4.78, 5) is 9.44. The van der Waals surface area contributed by atoms with Crippen LogP contribution >= 0.6 is 0 Å². The van der Waals surface area contributed by atoms with E-state index in [-0.39, 0.29) is 5.78 Å². The van der Waals surface area contributed by atoms with E-state index in [1.165, 1.54) is 73.2 Å². The molecule has 2 nitrogen and oxygen atoms in total. The monoisotopic (exact) mass is 484 g/mol. The van der Waals surface area contributed by atoms with Crippen LogP contribution in [0.15, 0.2) is 97.1 Å². The van der Waals surface area contributed by atoms with Gasteiger partial charge in [0.15, 0.2) is 0 Å². The fourth-order valence-corrected chi connectivity index (χ4v) is 4.43. The number of ketones is 1. The zero-order chi connectivity index (χ0) is 28.3. The number of Topliss-reactive ketones (excluding diaryl/α,β-unsaturated/α-hetero) is 1. The Labute approximate surface area is 221 Å². The van der Waals surface area contributed by atoms with Crippen LogP contribution in [0.5, 0.6) is 0 Å². The molecule has 1 N–H and O–H groups in total. The molecule has 4 aromatic carbocycles. The van der Waals surface area contributed by atoms with E-state index in [4.69, 9.17) is 7.85 Å². The SMILES string of the molecule is CC(C)=O.CO.[2H]C.[2H]C.c1ccc2c(c1)Cc1ccccc1C2.c1ccc2c(c1)Cc1ccccc1C2. The third kappa shape index (κ3) is 8.32. The van der Waals surface area contributed by atoms with Gasteiger partial charge in [0, 0.05) is 9.85 Å². The predicted octanol–water partition coefficient (Wildman–Crippen LogP) is 7.84. The van der Waals surface area contributed by atoms with E-state index < -0.39 is 0 Å². The van der Waals surface area contributed by atoms with Crippen molar-refractivity contribution >= 4 is 5.78 Å². The first-order chi connectivity index (χ1) is 18.6. The highest BCUT2D eigenvalue weighted by molar-refractivity contribution is 5.72. The lowest BCUT2D eigenvalue weighted by atomic mass is 9.86. The summed E-state index contributed by atoms with van der Waals surface area (Å²) in [5.41, 5.74) is 11.9. The van der Waals surface area contributed by atoms with Crippen molar-refractivity contribution in [3.05, 3.63) is 142 Å². The maximum Gasteiger partial charge on any atom is 0.126 e. The van der Waals surface area contributed by atoms with Gasteiger partial charge in [-0.3, -0.25) is 0 Å². The molecule has 0 heterocycles. The Kier molecular flexibility index (Phi) is 11.7. The van der Waals surface area contributed by atoms with E-state index in [9.17, 15) is 4.79 Å². The summed E-state index contributed by atoms with van der Waals surface area (Å²) < 4.78 is 11.5. The second kappa shape index (κ2) is 15.5. The van der Waals surface area contributed by atoms with E-state index in [1.807, 2.05) is 0 Å². The molecule has 0 aromatic heterocycles. The van der Waals surface area contributed by atoms with Crippen molar-refractivity contribution < 1.29 is 12.6 Å². The quantitative estimate of drug-likeness (QED) is 0.238. The number of carbonyl (C=O) groups is 1. The molecule has 0 atom stereocenters. The van der Waals surface area contributed by atoms with Crippen molar-refractivity contribution in [3.63, 3.8) is 0 Å². The molecule has 0 saturated carbocycles. The lowest BCUT2D eigenvalue weighted by Crippen LogP contribution is -2.06. The first-order valence-corrected chi connectivity index (χ1v) is 11.8. The molecule has 0 radical (unpaired) electrons. The molecule has 0 saturated heterocycles. The van der Waals surface area contributed by atoms with E-state index in [0.717, 1.165) is 32.8 Å². The van der Waals surface area contributed by atoms with Crippen LogP contribution < -0.4 is 0 Å².